The molecule has 0 aromatic heterocycles. The van der Waals surface area contributed by atoms with Gasteiger partial charge in [-0.25, -0.2) is 5.14 Å². The molecule has 90 valence electrons. The quantitative estimate of drug-likeness (QED) is 0.808. The van der Waals surface area contributed by atoms with Crippen molar-refractivity contribution in [2.45, 2.75) is 19.4 Å². The zero-order valence-corrected chi connectivity index (χ0v) is 10.1. The molecule has 1 rings (SSSR count). The summed E-state index contributed by atoms with van der Waals surface area (Å²) in [5.41, 5.74) is 0.779. The van der Waals surface area contributed by atoms with Gasteiger partial charge in [-0.1, -0.05) is 25.1 Å². The van der Waals surface area contributed by atoms with E-state index >= 15 is 0 Å². The Hall–Kier alpha value is -1.11. The van der Waals surface area contributed by atoms with E-state index in [0.29, 0.717) is 12.2 Å². The average Bonchev–Trinajstić information content (AvgIpc) is 2.24. The smallest absolute Gasteiger partial charge is 0.274 e. The summed E-state index contributed by atoms with van der Waals surface area (Å²) in [7, 11) is -2.17. The first kappa shape index (κ1) is 13.0. The van der Waals surface area contributed by atoms with Crippen LogP contribution in [-0.2, 0) is 10.2 Å². The molecule has 0 aliphatic carbocycles. The molecular weight excluding hydrogens is 228 g/mol. The fourth-order valence-electron chi connectivity index (χ4n) is 1.52. The van der Waals surface area contributed by atoms with Crippen molar-refractivity contribution in [1.82, 2.24) is 4.72 Å². The predicted molar refractivity (Wildman–Crippen MR) is 62.3 cm³/mol. The third-order valence-electron chi connectivity index (χ3n) is 2.23. The van der Waals surface area contributed by atoms with Crippen LogP contribution in [0.1, 0.15) is 24.9 Å². The maximum Gasteiger partial charge on any atom is 0.274 e. The predicted octanol–water partition coefficient (Wildman–Crippen LogP) is 0.939. The molecule has 0 saturated carbocycles. The van der Waals surface area contributed by atoms with Gasteiger partial charge in [0.05, 0.1) is 13.2 Å². The van der Waals surface area contributed by atoms with Crippen molar-refractivity contribution in [3.8, 4) is 5.75 Å². The number of nitrogens with one attached hydrogen (secondary N) is 1. The second-order valence-electron chi connectivity index (χ2n) is 3.37. The van der Waals surface area contributed by atoms with Crippen LogP contribution in [0.25, 0.3) is 0 Å². The van der Waals surface area contributed by atoms with E-state index in [1.54, 1.807) is 13.2 Å². The van der Waals surface area contributed by atoms with Gasteiger partial charge in [-0.15, -0.1) is 0 Å². The number of benzene rings is 1. The van der Waals surface area contributed by atoms with Crippen LogP contribution < -0.4 is 14.6 Å². The third-order valence-corrected chi connectivity index (χ3v) is 2.84. The Kier molecular flexibility index (Phi) is 4.28. The Labute approximate surface area is 95.8 Å². The van der Waals surface area contributed by atoms with Crippen molar-refractivity contribution in [2.24, 2.45) is 5.14 Å². The standard InChI is InChI=1S/C10H16N2O3S/c1-3-9(12-16(11,13)14)8-6-4-5-7-10(8)15-2/h4-7,9,12H,3H2,1-2H3,(H2,11,13,14). The highest BCUT2D eigenvalue weighted by atomic mass is 32.2. The first-order chi connectivity index (χ1) is 7.48. The fourth-order valence-corrected chi connectivity index (χ4v) is 2.21. The first-order valence-corrected chi connectivity index (χ1v) is 6.45. The molecule has 0 spiro atoms. The van der Waals surface area contributed by atoms with Gasteiger partial charge in [0.25, 0.3) is 10.2 Å². The van der Waals surface area contributed by atoms with Crippen LogP contribution in [-0.4, -0.2) is 15.5 Å². The molecule has 1 aromatic carbocycles. The summed E-state index contributed by atoms with van der Waals surface area (Å²) in [6.45, 7) is 1.87. The largest absolute Gasteiger partial charge is 0.496 e. The van der Waals surface area contributed by atoms with Crippen molar-refractivity contribution >= 4 is 10.2 Å². The van der Waals surface area contributed by atoms with Gasteiger partial charge in [0, 0.05) is 5.56 Å². The van der Waals surface area contributed by atoms with E-state index in [2.05, 4.69) is 4.72 Å². The summed E-state index contributed by atoms with van der Waals surface area (Å²) >= 11 is 0. The van der Waals surface area contributed by atoms with Crippen molar-refractivity contribution < 1.29 is 13.2 Å². The summed E-state index contributed by atoms with van der Waals surface area (Å²) in [6.07, 6.45) is 0.594. The van der Waals surface area contributed by atoms with Crippen LogP contribution in [0.5, 0.6) is 5.75 Å². The molecule has 1 aromatic rings. The lowest BCUT2D eigenvalue weighted by Gasteiger charge is -2.18. The second kappa shape index (κ2) is 5.29. The maximum atomic E-state index is 11.0. The number of para-hydroxylation sites is 1. The molecule has 0 amide bonds. The summed E-state index contributed by atoms with van der Waals surface area (Å²) in [5.74, 6) is 0.644. The Morgan fingerprint density at radius 1 is 1.44 bits per heavy atom. The minimum atomic E-state index is -3.71. The summed E-state index contributed by atoms with van der Waals surface area (Å²) in [5, 5.41) is 4.96. The summed E-state index contributed by atoms with van der Waals surface area (Å²) in [4.78, 5) is 0. The van der Waals surface area contributed by atoms with Gasteiger partial charge >= 0.3 is 0 Å². The van der Waals surface area contributed by atoms with E-state index in [4.69, 9.17) is 9.88 Å². The molecule has 0 bridgehead atoms. The Morgan fingerprint density at radius 2 is 2.06 bits per heavy atom. The number of ether oxygens (including phenoxy) is 1. The first-order valence-electron chi connectivity index (χ1n) is 4.91. The normalized spacial score (nSPS) is 13.4. The Balaban J connectivity index is 3.03. The highest BCUT2D eigenvalue weighted by molar-refractivity contribution is 7.87. The Morgan fingerprint density at radius 3 is 2.56 bits per heavy atom. The summed E-state index contributed by atoms with van der Waals surface area (Å²) < 4.78 is 29.5. The van der Waals surface area contributed by atoms with Gasteiger partial charge in [0.1, 0.15) is 5.75 Å². The summed E-state index contributed by atoms with van der Waals surface area (Å²) in [6, 6.07) is 6.87. The lowest BCUT2D eigenvalue weighted by molar-refractivity contribution is 0.402. The van der Waals surface area contributed by atoms with E-state index in [0.717, 1.165) is 5.56 Å². The molecule has 5 nitrogen and oxygen atoms in total. The minimum absolute atomic E-state index is 0.369. The molecule has 0 aliphatic rings. The van der Waals surface area contributed by atoms with Gasteiger partial charge in [0.2, 0.25) is 0 Å². The molecule has 6 heteroatoms. The van der Waals surface area contributed by atoms with Crippen LogP contribution in [0.3, 0.4) is 0 Å². The zero-order valence-electron chi connectivity index (χ0n) is 9.30. The molecule has 0 radical (unpaired) electrons. The van der Waals surface area contributed by atoms with Crippen molar-refractivity contribution in [3.05, 3.63) is 29.8 Å². The monoisotopic (exact) mass is 244 g/mol. The number of hydrogen-bond donors (Lipinski definition) is 2. The number of hydrogen-bond acceptors (Lipinski definition) is 3. The van der Waals surface area contributed by atoms with Gasteiger partial charge in [-0.2, -0.15) is 13.1 Å². The fraction of sp³-hybridized carbons (Fsp3) is 0.400. The highest BCUT2D eigenvalue weighted by Crippen LogP contribution is 2.26. The number of methoxy groups -OCH3 is 1. The second-order valence-corrected chi connectivity index (χ2v) is 4.69. The van der Waals surface area contributed by atoms with Crippen LogP contribution in [0.15, 0.2) is 24.3 Å². The average molecular weight is 244 g/mol. The lowest BCUT2D eigenvalue weighted by Crippen LogP contribution is -2.34. The molecule has 0 heterocycles. The molecule has 0 fully saturated rings. The number of rotatable bonds is 5. The molecule has 0 aliphatic heterocycles. The third kappa shape index (κ3) is 3.48. The topological polar surface area (TPSA) is 81.4 Å². The molecule has 16 heavy (non-hydrogen) atoms. The Bertz CT molecular complexity index is 445. The van der Waals surface area contributed by atoms with E-state index in [1.165, 1.54) is 0 Å². The molecule has 1 unspecified atom stereocenters. The lowest BCUT2D eigenvalue weighted by atomic mass is 10.0. The molecular formula is C10H16N2O3S. The van der Waals surface area contributed by atoms with Crippen LogP contribution in [0.2, 0.25) is 0 Å². The SMILES string of the molecule is CCC(NS(N)(=O)=O)c1ccccc1OC. The van der Waals surface area contributed by atoms with E-state index in [9.17, 15) is 8.42 Å². The molecule has 1 atom stereocenters. The van der Waals surface area contributed by atoms with Gasteiger partial charge < -0.3 is 4.74 Å². The molecule has 3 N–H and O–H groups in total. The van der Waals surface area contributed by atoms with Crippen molar-refractivity contribution in [1.29, 1.82) is 0 Å². The van der Waals surface area contributed by atoms with Crippen molar-refractivity contribution in [3.63, 3.8) is 0 Å². The van der Waals surface area contributed by atoms with Gasteiger partial charge in [0.15, 0.2) is 0 Å². The highest BCUT2D eigenvalue weighted by Gasteiger charge is 2.17. The van der Waals surface area contributed by atoms with E-state index in [-0.39, 0.29) is 6.04 Å². The van der Waals surface area contributed by atoms with Gasteiger partial charge in [-0.05, 0) is 12.5 Å². The van der Waals surface area contributed by atoms with Crippen molar-refractivity contribution in [2.75, 3.05) is 7.11 Å². The van der Waals surface area contributed by atoms with Crippen LogP contribution in [0, 0.1) is 0 Å². The minimum Gasteiger partial charge on any atom is -0.496 e. The van der Waals surface area contributed by atoms with Crippen LogP contribution >= 0.6 is 0 Å². The number of nitrogens with two attached hydrogens (primary N) is 1. The molecule has 0 saturated heterocycles. The van der Waals surface area contributed by atoms with E-state index < -0.39 is 10.2 Å². The zero-order chi connectivity index (χ0) is 12.2. The maximum absolute atomic E-state index is 11.0. The van der Waals surface area contributed by atoms with Gasteiger partial charge in [-0.3, -0.25) is 0 Å². The van der Waals surface area contributed by atoms with E-state index in [1.807, 2.05) is 25.1 Å². The van der Waals surface area contributed by atoms with Crippen LogP contribution in [0.4, 0.5) is 0 Å².